The summed E-state index contributed by atoms with van der Waals surface area (Å²) in [5.74, 6) is 0.850. The van der Waals surface area contributed by atoms with Crippen molar-refractivity contribution in [2.75, 3.05) is 23.8 Å². The van der Waals surface area contributed by atoms with E-state index in [0.29, 0.717) is 34.9 Å². The Morgan fingerprint density at radius 2 is 2.24 bits per heavy atom. The minimum atomic E-state index is -3.47. The van der Waals surface area contributed by atoms with Crippen LogP contribution >= 0.6 is 15.9 Å². The first-order valence-electron chi connectivity index (χ1n) is 7.68. The molecule has 1 aromatic heterocycles. The van der Waals surface area contributed by atoms with E-state index in [4.69, 9.17) is 5.11 Å². The summed E-state index contributed by atoms with van der Waals surface area (Å²) >= 11 is 3.35. The summed E-state index contributed by atoms with van der Waals surface area (Å²) in [5, 5.41) is 15.2. The third-order valence-corrected chi connectivity index (χ3v) is 5.82. The van der Waals surface area contributed by atoms with Crippen molar-refractivity contribution in [3.05, 3.63) is 34.4 Å². The fourth-order valence-electron chi connectivity index (χ4n) is 2.42. The molecule has 0 radical (unpaired) electrons. The lowest BCUT2D eigenvalue weighted by Gasteiger charge is -2.18. The van der Waals surface area contributed by atoms with Gasteiger partial charge in [-0.1, -0.05) is 6.07 Å². The number of hydrogen-bond acceptors (Lipinski definition) is 7. The number of benzene rings is 1. The summed E-state index contributed by atoms with van der Waals surface area (Å²) in [7, 11) is -3.47. The average molecular weight is 428 g/mol. The number of anilines is 3. The minimum absolute atomic E-state index is 0.0329. The van der Waals surface area contributed by atoms with Gasteiger partial charge in [-0.25, -0.2) is 18.1 Å². The molecule has 8 nitrogen and oxygen atoms in total. The van der Waals surface area contributed by atoms with Crippen molar-refractivity contribution in [2.24, 2.45) is 0 Å². The third kappa shape index (κ3) is 4.09. The van der Waals surface area contributed by atoms with E-state index in [0.717, 1.165) is 5.56 Å². The van der Waals surface area contributed by atoms with Crippen molar-refractivity contribution in [1.29, 1.82) is 0 Å². The van der Waals surface area contributed by atoms with Crippen LogP contribution in [0, 0.1) is 0 Å². The maximum Gasteiger partial charge on any atom is 0.240 e. The number of nitrogens with one attached hydrogen (secondary N) is 3. The van der Waals surface area contributed by atoms with Gasteiger partial charge >= 0.3 is 0 Å². The Labute approximate surface area is 154 Å². The van der Waals surface area contributed by atoms with Gasteiger partial charge in [0.1, 0.15) is 5.82 Å². The van der Waals surface area contributed by atoms with Gasteiger partial charge in [-0.3, -0.25) is 0 Å². The second kappa shape index (κ2) is 7.24. The summed E-state index contributed by atoms with van der Waals surface area (Å²) < 4.78 is 27.4. The minimum Gasteiger partial charge on any atom is -0.394 e. The van der Waals surface area contributed by atoms with E-state index in [1.807, 2.05) is 6.92 Å². The number of aliphatic hydroxyl groups excluding tert-OH is 1. The molecular weight excluding hydrogens is 410 g/mol. The highest BCUT2D eigenvalue weighted by Crippen LogP contribution is 2.26. The molecule has 2 heterocycles. The zero-order valence-corrected chi connectivity index (χ0v) is 15.9. The number of aliphatic hydroxyl groups is 1. The molecule has 0 fully saturated rings. The van der Waals surface area contributed by atoms with Crippen molar-refractivity contribution >= 4 is 43.4 Å². The Morgan fingerprint density at radius 1 is 1.44 bits per heavy atom. The SMILES string of the molecule is CC(CO)Nc1nc(Nc2ccc3c(c2)S(=O)(=O)NCC3)ncc1Br. The quantitative estimate of drug-likeness (QED) is 0.572. The van der Waals surface area contributed by atoms with Gasteiger partial charge in [0.15, 0.2) is 0 Å². The van der Waals surface area contributed by atoms with Crippen LogP contribution in [0.4, 0.5) is 17.5 Å². The van der Waals surface area contributed by atoms with Crippen LogP contribution in [0.25, 0.3) is 0 Å². The van der Waals surface area contributed by atoms with E-state index in [-0.39, 0.29) is 17.5 Å². The number of fused-ring (bicyclic) bond motifs is 1. The first-order valence-corrected chi connectivity index (χ1v) is 9.96. The summed E-state index contributed by atoms with van der Waals surface area (Å²) in [6, 6.07) is 5.00. The molecule has 0 saturated heterocycles. The molecule has 0 saturated carbocycles. The first kappa shape index (κ1) is 18.1. The summed E-state index contributed by atoms with van der Waals surface area (Å²) in [6.45, 7) is 2.20. The molecule has 1 aliphatic heterocycles. The van der Waals surface area contributed by atoms with Crippen LogP contribution in [0.5, 0.6) is 0 Å². The fourth-order valence-corrected chi connectivity index (χ4v) is 4.05. The Kier molecular flexibility index (Phi) is 5.23. The molecule has 0 spiro atoms. The first-order chi connectivity index (χ1) is 11.9. The second-order valence-electron chi connectivity index (χ2n) is 5.71. The third-order valence-electron chi connectivity index (χ3n) is 3.70. The Morgan fingerprint density at radius 3 is 3.00 bits per heavy atom. The number of nitrogens with zero attached hydrogens (tertiary/aromatic N) is 2. The van der Waals surface area contributed by atoms with Crippen LogP contribution in [0.15, 0.2) is 33.8 Å². The Bertz CT molecular complexity index is 891. The van der Waals surface area contributed by atoms with E-state index in [1.54, 1.807) is 24.4 Å². The molecule has 4 N–H and O–H groups in total. The van der Waals surface area contributed by atoms with Crippen LogP contribution in [0.2, 0.25) is 0 Å². The number of rotatable bonds is 5. The lowest BCUT2D eigenvalue weighted by Crippen LogP contribution is -2.31. The molecule has 1 aromatic carbocycles. The predicted molar refractivity (Wildman–Crippen MR) is 98.5 cm³/mol. The van der Waals surface area contributed by atoms with Crippen LogP contribution in [-0.2, 0) is 16.4 Å². The predicted octanol–water partition coefficient (Wildman–Crippen LogP) is 1.61. The van der Waals surface area contributed by atoms with Crippen molar-refractivity contribution in [3.8, 4) is 0 Å². The maximum absolute atomic E-state index is 12.1. The van der Waals surface area contributed by atoms with E-state index in [2.05, 4.69) is 41.3 Å². The highest BCUT2D eigenvalue weighted by atomic mass is 79.9. The van der Waals surface area contributed by atoms with Gasteiger partial charge in [0.2, 0.25) is 16.0 Å². The van der Waals surface area contributed by atoms with E-state index in [9.17, 15) is 8.42 Å². The number of hydrogen-bond donors (Lipinski definition) is 4. The molecule has 10 heteroatoms. The largest absolute Gasteiger partial charge is 0.394 e. The highest BCUT2D eigenvalue weighted by molar-refractivity contribution is 9.10. The average Bonchev–Trinajstić information content (AvgIpc) is 2.58. The molecule has 2 aromatic rings. The maximum atomic E-state index is 12.1. The summed E-state index contributed by atoms with van der Waals surface area (Å²) in [4.78, 5) is 8.80. The monoisotopic (exact) mass is 427 g/mol. The lowest BCUT2D eigenvalue weighted by molar-refractivity contribution is 0.281. The van der Waals surface area contributed by atoms with Crippen LogP contribution < -0.4 is 15.4 Å². The van der Waals surface area contributed by atoms with Gasteiger partial charge in [-0.15, -0.1) is 0 Å². The normalized spacial score (nSPS) is 16.8. The van der Waals surface area contributed by atoms with Gasteiger partial charge < -0.3 is 15.7 Å². The number of aromatic nitrogens is 2. The molecule has 1 unspecified atom stereocenters. The topological polar surface area (TPSA) is 116 Å². The Hall–Kier alpha value is -1.75. The second-order valence-corrected chi connectivity index (χ2v) is 8.30. The van der Waals surface area contributed by atoms with Crippen molar-refractivity contribution in [1.82, 2.24) is 14.7 Å². The van der Waals surface area contributed by atoms with Gasteiger partial charge in [0.25, 0.3) is 0 Å². The fraction of sp³-hybridized carbons (Fsp3) is 0.333. The van der Waals surface area contributed by atoms with Crippen LogP contribution in [0.3, 0.4) is 0 Å². The highest BCUT2D eigenvalue weighted by Gasteiger charge is 2.23. The van der Waals surface area contributed by atoms with Crippen LogP contribution in [0.1, 0.15) is 12.5 Å². The molecule has 134 valence electrons. The standard InChI is InChI=1S/C15H18BrN5O3S/c1-9(8-22)19-14-12(16)7-17-15(21-14)20-11-3-2-10-4-5-18-25(23,24)13(10)6-11/h2-3,6-7,9,18,22H,4-5,8H2,1H3,(H2,17,19,20,21). The molecule has 0 amide bonds. The zero-order chi connectivity index (χ0) is 18.0. The molecule has 0 bridgehead atoms. The van der Waals surface area contributed by atoms with Crippen molar-refractivity contribution in [3.63, 3.8) is 0 Å². The van der Waals surface area contributed by atoms with Crippen LogP contribution in [-0.4, -0.2) is 42.7 Å². The van der Waals surface area contributed by atoms with Gasteiger partial charge in [0, 0.05) is 24.5 Å². The van der Waals surface area contributed by atoms with E-state index < -0.39 is 10.0 Å². The zero-order valence-electron chi connectivity index (χ0n) is 13.5. The van der Waals surface area contributed by atoms with E-state index in [1.165, 1.54) is 0 Å². The summed E-state index contributed by atoms with van der Waals surface area (Å²) in [6.07, 6.45) is 2.25. The molecule has 0 aliphatic carbocycles. The number of sulfonamides is 1. The Balaban J connectivity index is 1.87. The molecule has 1 atom stereocenters. The van der Waals surface area contributed by atoms with Gasteiger partial charge in [-0.2, -0.15) is 4.98 Å². The molecule has 1 aliphatic rings. The smallest absolute Gasteiger partial charge is 0.240 e. The molecule has 3 rings (SSSR count). The van der Waals surface area contributed by atoms with Crippen molar-refractivity contribution < 1.29 is 13.5 Å². The van der Waals surface area contributed by atoms with E-state index >= 15 is 0 Å². The summed E-state index contributed by atoms with van der Waals surface area (Å²) in [5.41, 5.74) is 1.37. The van der Waals surface area contributed by atoms with Gasteiger partial charge in [0.05, 0.1) is 16.0 Å². The van der Waals surface area contributed by atoms with Crippen molar-refractivity contribution in [2.45, 2.75) is 24.3 Å². The molecular formula is C15H18BrN5O3S. The van der Waals surface area contributed by atoms with Gasteiger partial charge in [-0.05, 0) is 47.0 Å². The number of halogens is 1. The molecule has 25 heavy (non-hydrogen) atoms. The lowest BCUT2D eigenvalue weighted by atomic mass is 10.1.